The summed E-state index contributed by atoms with van der Waals surface area (Å²) in [6, 6.07) is 24.1. The lowest BCUT2D eigenvalue weighted by Crippen LogP contribution is -2.22. The maximum atomic E-state index is 12.2. The summed E-state index contributed by atoms with van der Waals surface area (Å²) in [6.45, 7) is 2.33. The van der Waals surface area contributed by atoms with Crippen LogP contribution in [-0.2, 0) is 13.7 Å². The van der Waals surface area contributed by atoms with Gasteiger partial charge in [-0.25, -0.2) is 4.79 Å². The van der Waals surface area contributed by atoms with Crippen molar-refractivity contribution in [3.63, 3.8) is 0 Å². The third kappa shape index (κ3) is 3.44. The number of ether oxygens (including phenoxy) is 1. The molecule has 1 heterocycles. The summed E-state index contributed by atoms with van der Waals surface area (Å²) in [7, 11) is 1.57. The second kappa shape index (κ2) is 7.52. The molecule has 140 valence electrons. The van der Waals surface area contributed by atoms with Gasteiger partial charge in [0.1, 0.15) is 18.0 Å². The Balaban J connectivity index is 1.57. The van der Waals surface area contributed by atoms with E-state index in [2.05, 4.69) is 46.8 Å². The third-order valence-electron chi connectivity index (χ3n) is 4.59. The number of benzene rings is 3. The first kappa shape index (κ1) is 17.7. The minimum Gasteiger partial charge on any atom is -0.486 e. The van der Waals surface area contributed by atoms with E-state index in [9.17, 15) is 4.79 Å². The molecule has 0 unspecified atom stereocenters. The van der Waals surface area contributed by atoms with Crippen LogP contribution in [0.4, 0.5) is 0 Å². The van der Waals surface area contributed by atoms with E-state index in [-0.39, 0.29) is 5.69 Å². The van der Waals surface area contributed by atoms with Gasteiger partial charge in [-0.15, -0.1) is 0 Å². The van der Waals surface area contributed by atoms with Crippen LogP contribution in [0.5, 0.6) is 5.75 Å². The van der Waals surface area contributed by atoms with Crippen LogP contribution < -0.4 is 10.4 Å². The molecule has 6 heteroatoms. The molecule has 0 spiro atoms. The van der Waals surface area contributed by atoms with Gasteiger partial charge in [0.2, 0.25) is 0 Å². The third-order valence-corrected chi connectivity index (χ3v) is 4.59. The van der Waals surface area contributed by atoms with Crippen LogP contribution in [0.15, 0.2) is 77.6 Å². The van der Waals surface area contributed by atoms with E-state index in [1.807, 2.05) is 37.3 Å². The summed E-state index contributed by atoms with van der Waals surface area (Å²) in [5, 5.41) is 7.71. The van der Waals surface area contributed by atoms with Gasteiger partial charge in [0.25, 0.3) is 0 Å². The number of nitrogens with zero attached hydrogens (tertiary/aromatic N) is 4. The zero-order chi connectivity index (χ0) is 19.5. The number of hydrogen-bond donors (Lipinski definition) is 0. The van der Waals surface area contributed by atoms with Crippen molar-refractivity contribution in [1.82, 2.24) is 19.8 Å². The molecule has 0 atom stereocenters. The minimum atomic E-state index is -0.317. The van der Waals surface area contributed by atoms with Crippen molar-refractivity contribution in [1.29, 1.82) is 0 Å². The number of rotatable bonds is 5. The average molecular weight is 372 g/mol. The Hall–Kier alpha value is -3.67. The van der Waals surface area contributed by atoms with E-state index >= 15 is 0 Å². The van der Waals surface area contributed by atoms with Crippen LogP contribution >= 0.6 is 0 Å². The van der Waals surface area contributed by atoms with Crippen molar-refractivity contribution in [2.24, 2.45) is 7.05 Å². The summed E-state index contributed by atoms with van der Waals surface area (Å²) in [6.07, 6.45) is 0. The average Bonchev–Trinajstić information content (AvgIpc) is 3.06. The molecule has 0 aliphatic carbocycles. The summed E-state index contributed by atoms with van der Waals surface area (Å²) in [5.74, 6) is 0.622. The highest BCUT2D eigenvalue weighted by molar-refractivity contribution is 5.63. The summed E-state index contributed by atoms with van der Waals surface area (Å²) in [4.78, 5) is 12.2. The van der Waals surface area contributed by atoms with E-state index in [4.69, 9.17) is 4.74 Å². The molecule has 6 nitrogen and oxygen atoms in total. The molecule has 0 radical (unpaired) electrons. The van der Waals surface area contributed by atoms with Crippen molar-refractivity contribution < 1.29 is 4.74 Å². The number of hydrogen-bond acceptors (Lipinski definition) is 4. The second-order valence-corrected chi connectivity index (χ2v) is 6.57. The zero-order valence-electron chi connectivity index (χ0n) is 15.7. The zero-order valence-corrected chi connectivity index (χ0v) is 15.7. The Kier molecular flexibility index (Phi) is 4.76. The van der Waals surface area contributed by atoms with Gasteiger partial charge in [-0.3, -0.25) is 0 Å². The molecule has 0 aliphatic rings. The SMILES string of the molecule is Cc1cccc(-n2nnn(C)c2=O)c1OCc1ccc(-c2ccccc2)cc1. The first-order chi connectivity index (χ1) is 13.6. The smallest absolute Gasteiger partial charge is 0.368 e. The van der Waals surface area contributed by atoms with Gasteiger partial charge in [0.05, 0.1) is 0 Å². The van der Waals surface area contributed by atoms with Crippen molar-refractivity contribution in [2.75, 3.05) is 0 Å². The number of tetrazole rings is 1. The fraction of sp³-hybridized carbons (Fsp3) is 0.136. The fourth-order valence-electron chi connectivity index (χ4n) is 3.04. The monoisotopic (exact) mass is 372 g/mol. The summed E-state index contributed by atoms with van der Waals surface area (Å²) < 4.78 is 8.52. The molecular formula is C22H20N4O2. The normalized spacial score (nSPS) is 10.8. The lowest BCUT2D eigenvalue weighted by Gasteiger charge is -2.13. The van der Waals surface area contributed by atoms with Crippen molar-refractivity contribution in [2.45, 2.75) is 13.5 Å². The Morgan fingerprint density at radius 2 is 1.57 bits per heavy atom. The molecule has 3 aromatic carbocycles. The van der Waals surface area contributed by atoms with Gasteiger partial charge < -0.3 is 4.74 Å². The van der Waals surface area contributed by atoms with E-state index in [0.717, 1.165) is 16.7 Å². The van der Waals surface area contributed by atoms with E-state index in [0.29, 0.717) is 18.0 Å². The molecule has 0 aliphatic heterocycles. The molecule has 1 aromatic heterocycles. The first-order valence-electron chi connectivity index (χ1n) is 8.99. The topological polar surface area (TPSA) is 61.9 Å². The minimum absolute atomic E-state index is 0.317. The predicted molar refractivity (Wildman–Crippen MR) is 108 cm³/mol. The fourth-order valence-corrected chi connectivity index (χ4v) is 3.04. The Bertz CT molecular complexity index is 1150. The van der Waals surface area contributed by atoms with Crippen molar-refractivity contribution in [3.05, 3.63) is 94.4 Å². The largest absolute Gasteiger partial charge is 0.486 e. The molecule has 28 heavy (non-hydrogen) atoms. The van der Waals surface area contributed by atoms with Crippen LogP contribution in [0, 0.1) is 6.92 Å². The van der Waals surface area contributed by atoms with Crippen molar-refractivity contribution in [3.8, 4) is 22.6 Å². The van der Waals surface area contributed by atoms with E-state index in [1.54, 1.807) is 13.1 Å². The highest BCUT2D eigenvalue weighted by Crippen LogP contribution is 2.27. The van der Waals surface area contributed by atoms with E-state index in [1.165, 1.54) is 14.9 Å². The van der Waals surface area contributed by atoms with Crippen LogP contribution in [0.3, 0.4) is 0 Å². The lowest BCUT2D eigenvalue weighted by atomic mass is 10.0. The highest BCUT2D eigenvalue weighted by Gasteiger charge is 2.14. The van der Waals surface area contributed by atoms with Crippen molar-refractivity contribution >= 4 is 0 Å². The summed E-state index contributed by atoms with van der Waals surface area (Å²) >= 11 is 0. The van der Waals surface area contributed by atoms with Crippen LogP contribution in [0.1, 0.15) is 11.1 Å². The van der Waals surface area contributed by atoms with Gasteiger partial charge in [0, 0.05) is 7.05 Å². The Labute approximate surface area is 162 Å². The molecule has 0 saturated carbocycles. The molecule has 0 N–H and O–H groups in total. The Morgan fingerprint density at radius 3 is 2.25 bits per heavy atom. The van der Waals surface area contributed by atoms with Gasteiger partial charge in [-0.1, -0.05) is 66.7 Å². The molecule has 0 amide bonds. The quantitative estimate of drug-likeness (QED) is 0.538. The van der Waals surface area contributed by atoms with Gasteiger partial charge in [-0.05, 0) is 45.7 Å². The van der Waals surface area contributed by atoms with E-state index < -0.39 is 0 Å². The lowest BCUT2D eigenvalue weighted by molar-refractivity contribution is 0.302. The molecule has 4 aromatic rings. The maximum absolute atomic E-state index is 12.2. The molecule has 0 bridgehead atoms. The maximum Gasteiger partial charge on any atom is 0.368 e. The van der Waals surface area contributed by atoms with Gasteiger partial charge in [-0.2, -0.15) is 9.36 Å². The van der Waals surface area contributed by atoms with Gasteiger partial charge >= 0.3 is 5.69 Å². The summed E-state index contributed by atoms with van der Waals surface area (Å²) in [5.41, 5.74) is 4.57. The van der Waals surface area contributed by atoms with Crippen LogP contribution in [0.25, 0.3) is 16.8 Å². The molecular weight excluding hydrogens is 352 g/mol. The molecule has 4 rings (SSSR count). The second-order valence-electron chi connectivity index (χ2n) is 6.57. The number of para-hydroxylation sites is 1. The predicted octanol–water partition coefficient (Wildman–Crippen LogP) is 3.52. The first-order valence-corrected chi connectivity index (χ1v) is 8.99. The number of aromatic nitrogens is 4. The molecule has 0 saturated heterocycles. The molecule has 0 fully saturated rings. The highest BCUT2D eigenvalue weighted by atomic mass is 16.5. The Morgan fingerprint density at radius 1 is 0.857 bits per heavy atom. The van der Waals surface area contributed by atoms with Crippen LogP contribution in [0.2, 0.25) is 0 Å². The van der Waals surface area contributed by atoms with Crippen LogP contribution in [-0.4, -0.2) is 19.8 Å². The van der Waals surface area contributed by atoms with Gasteiger partial charge in [0.15, 0.2) is 0 Å². The standard InChI is InChI=1S/C22H20N4O2/c1-16-7-6-10-20(26-22(27)25(2)23-24-26)21(16)28-15-17-11-13-19(14-12-17)18-8-4-3-5-9-18/h3-14H,15H2,1-2H3. The number of aryl methyl sites for hydroxylation is 2.